The predicted molar refractivity (Wildman–Crippen MR) is 96.7 cm³/mol. The molecule has 1 amide bonds. The van der Waals surface area contributed by atoms with E-state index in [0.29, 0.717) is 6.54 Å². The lowest BCUT2D eigenvalue weighted by Gasteiger charge is -2.23. The monoisotopic (exact) mass is 372 g/mol. The molecular formula is C17H25ClN2O3S. The Balaban J connectivity index is 0.00000208. The van der Waals surface area contributed by atoms with Crippen LogP contribution in [0.25, 0.3) is 0 Å². The van der Waals surface area contributed by atoms with Crippen LogP contribution in [-0.4, -0.2) is 33.7 Å². The van der Waals surface area contributed by atoms with Crippen molar-refractivity contribution in [2.75, 3.05) is 19.3 Å². The summed E-state index contributed by atoms with van der Waals surface area (Å²) in [5.74, 6) is 0.388. The Morgan fingerprint density at radius 1 is 1.21 bits per heavy atom. The molecule has 0 bridgehead atoms. The largest absolute Gasteiger partial charge is 0.352 e. The van der Waals surface area contributed by atoms with Gasteiger partial charge in [-0.2, -0.15) is 0 Å². The van der Waals surface area contributed by atoms with Gasteiger partial charge >= 0.3 is 0 Å². The fraction of sp³-hybridized carbons (Fsp3) is 0.588. The van der Waals surface area contributed by atoms with Crippen LogP contribution in [0.2, 0.25) is 0 Å². The van der Waals surface area contributed by atoms with Gasteiger partial charge in [0.05, 0.1) is 5.75 Å². The van der Waals surface area contributed by atoms with Crippen LogP contribution in [-0.2, 0) is 26.9 Å². The average Bonchev–Trinajstić information content (AvgIpc) is 3.19. The first kappa shape index (κ1) is 19.2. The summed E-state index contributed by atoms with van der Waals surface area (Å²) >= 11 is 0. The van der Waals surface area contributed by atoms with Crippen molar-refractivity contribution in [1.82, 2.24) is 10.6 Å². The van der Waals surface area contributed by atoms with E-state index in [2.05, 4.69) is 10.6 Å². The van der Waals surface area contributed by atoms with Crippen LogP contribution in [0.4, 0.5) is 0 Å². The molecule has 1 atom stereocenters. The lowest BCUT2D eigenvalue weighted by Crippen LogP contribution is -2.33. The number of carbonyl (C=O) groups is 1. The van der Waals surface area contributed by atoms with Gasteiger partial charge in [0.2, 0.25) is 5.91 Å². The number of benzene rings is 1. The van der Waals surface area contributed by atoms with E-state index >= 15 is 0 Å². The molecule has 1 saturated carbocycles. The molecule has 1 heterocycles. The first-order valence-electron chi connectivity index (χ1n) is 8.12. The van der Waals surface area contributed by atoms with E-state index in [1.54, 1.807) is 0 Å². The molecule has 1 aliphatic heterocycles. The van der Waals surface area contributed by atoms with Gasteiger partial charge < -0.3 is 10.6 Å². The Labute approximate surface area is 149 Å². The predicted octanol–water partition coefficient (Wildman–Crippen LogP) is 1.66. The lowest BCUT2D eigenvalue weighted by molar-refractivity contribution is -0.123. The molecule has 1 saturated heterocycles. The SMILES string of the molecule is CS(=O)(=O)Cc1ccc(CNC(=O)C2CC23CCNCC3)cc1.Cl. The second-order valence-electron chi connectivity index (χ2n) is 6.97. The molecule has 3 rings (SSSR count). The first-order chi connectivity index (χ1) is 10.9. The fourth-order valence-corrected chi connectivity index (χ4v) is 4.36. The van der Waals surface area contributed by atoms with E-state index in [1.165, 1.54) is 6.26 Å². The van der Waals surface area contributed by atoms with Crippen molar-refractivity contribution in [3.63, 3.8) is 0 Å². The van der Waals surface area contributed by atoms with Crippen molar-refractivity contribution >= 4 is 28.2 Å². The second kappa shape index (κ2) is 7.42. The number of rotatable bonds is 5. The van der Waals surface area contributed by atoms with Crippen LogP contribution < -0.4 is 10.6 Å². The third kappa shape index (κ3) is 4.71. The summed E-state index contributed by atoms with van der Waals surface area (Å²) in [7, 11) is -3.01. The summed E-state index contributed by atoms with van der Waals surface area (Å²) in [6, 6.07) is 7.39. The Morgan fingerprint density at radius 2 is 1.79 bits per heavy atom. The molecule has 1 unspecified atom stereocenters. The smallest absolute Gasteiger partial charge is 0.223 e. The summed E-state index contributed by atoms with van der Waals surface area (Å²) in [4.78, 5) is 12.3. The number of piperidine rings is 1. The van der Waals surface area contributed by atoms with Crippen LogP contribution in [0.3, 0.4) is 0 Å². The zero-order valence-corrected chi connectivity index (χ0v) is 15.5. The van der Waals surface area contributed by atoms with Crippen molar-refractivity contribution in [3.05, 3.63) is 35.4 Å². The van der Waals surface area contributed by atoms with Gasteiger partial charge in [-0.1, -0.05) is 24.3 Å². The average molecular weight is 373 g/mol. The Morgan fingerprint density at radius 3 is 2.38 bits per heavy atom. The molecule has 24 heavy (non-hydrogen) atoms. The number of amides is 1. The zero-order chi connectivity index (χ0) is 16.5. The Bertz CT molecular complexity index is 682. The molecule has 1 aliphatic carbocycles. The maximum atomic E-state index is 12.3. The molecular weight excluding hydrogens is 348 g/mol. The van der Waals surface area contributed by atoms with E-state index in [0.717, 1.165) is 43.5 Å². The molecule has 0 radical (unpaired) electrons. The van der Waals surface area contributed by atoms with Crippen LogP contribution in [0.1, 0.15) is 30.4 Å². The van der Waals surface area contributed by atoms with Crippen molar-refractivity contribution in [3.8, 4) is 0 Å². The fourth-order valence-electron chi connectivity index (χ4n) is 3.56. The highest BCUT2D eigenvalue weighted by molar-refractivity contribution is 7.89. The van der Waals surface area contributed by atoms with E-state index in [9.17, 15) is 13.2 Å². The second-order valence-corrected chi connectivity index (χ2v) is 9.11. The van der Waals surface area contributed by atoms with Gasteiger partial charge in [0.25, 0.3) is 0 Å². The van der Waals surface area contributed by atoms with Crippen molar-refractivity contribution in [2.45, 2.75) is 31.6 Å². The number of hydrogen-bond acceptors (Lipinski definition) is 4. The third-order valence-electron chi connectivity index (χ3n) is 5.02. The molecule has 1 aromatic rings. The number of sulfone groups is 1. The Kier molecular flexibility index (Phi) is 5.94. The minimum atomic E-state index is -3.01. The normalized spacial score (nSPS) is 21.8. The third-order valence-corrected chi connectivity index (χ3v) is 5.88. The highest BCUT2D eigenvalue weighted by Crippen LogP contribution is 2.58. The minimum absolute atomic E-state index is 0. The van der Waals surface area contributed by atoms with Gasteiger partial charge in [-0.3, -0.25) is 4.79 Å². The molecule has 0 aromatic heterocycles. The summed E-state index contributed by atoms with van der Waals surface area (Å²) in [5, 5.41) is 6.37. The minimum Gasteiger partial charge on any atom is -0.352 e. The number of hydrogen-bond donors (Lipinski definition) is 2. The molecule has 134 valence electrons. The molecule has 2 N–H and O–H groups in total. The van der Waals surface area contributed by atoms with Crippen molar-refractivity contribution in [2.24, 2.45) is 11.3 Å². The summed E-state index contributed by atoms with van der Waals surface area (Å²) < 4.78 is 22.5. The lowest BCUT2D eigenvalue weighted by atomic mass is 9.92. The number of nitrogens with one attached hydrogen (secondary N) is 2. The van der Waals surface area contributed by atoms with Gasteiger partial charge in [0, 0.05) is 18.7 Å². The van der Waals surface area contributed by atoms with E-state index in [4.69, 9.17) is 0 Å². The van der Waals surface area contributed by atoms with Gasteiger partial charge in [-0.05, 0) is 48.9 Å². The molecule has 7 heteroatoms. The topological polar surface area (TPSA) is 75.3 Å². The van der Waals surface area contributed by atoms with Gasteiger partial charge in [0.15, 0.2) is 9.84 Å². The summed E-state index contributed by atoms with van der Waals surface area (Å²) in [6.45, 7) is 2.54. The van der Waals surface area contributed by atoms with Crippen LogP contribution in [0, 0.1) is 11.3 Å². The maximum Gasteiger partial charge on any atom is 0.223 e. The highest BCUT2D eigenvalue weighted by atomic mass is 35.5. The van der Waals surface area contributed by atoms with Gasteiger partial charge in [-0.25, -0.2) is 8.42 Å². The summed E-state index contributed by atoms with van der Waals surface area (Å²) in [5.41, 5.74) is 2.03. The maximum absolute atomic E-state index is 12.3. The van der Waals surface area contributed by atoms with Crippen LogP contribution in [0.5, 0.6) is 0 Å². The molecule has 2 aliphatic rings. The zero-order valence-electron chi connectivity index (χ0n) is 13.9. The van der Waals surface area contributed by atoms with E-state index in [1.807, 2.05) is 24.3 Å². The first-order valence-corrected chi connectivity index (χ1v) is 10.2. The molecule has 5 nitrogen and oxygen atoms in total. The van der Waals surface area contributed by atoms with Gasteiger partial charge in [0.1, 0.15) is 0 Å². The van der Waals surface area contributed by atoms with Crippen molar-refractivity contribution < 1.29 is 13.2 Å². The quantitative estimate of drug-likeness (QED) is 0.824. The molecule has 2 fully saturated rings. The van der Waals surface area contributed by atoms with Gasteiger partial charge in [-0.15, -0.1) is 12.4 Å². The molecule has 1 spiro atoms. The van der Waals surface area contributed by atoms with Crippen molar-refractivity contribution in [1.29, 1.82) is 0 Å². The number of halogens is 1. The number of carbonyl (C=O) groups excluding carboxylic acids is 1. The van der Waals surface area contributed by atoms with Crippen LogP contribution in [0.15, 0.2) is 24.3 Å². The van der Waals surface area contributed by atoms with E-state index in [-0.39, 0.29) is 35.4 Å². The standard InChI is InChI=1S/C17H24N2O3S.ClH/c1-23(21,22)12-14-4-2-13(3-5-14)11-19-16(20)15-10-17(15)6-8-18-9-7-17;/h2-5,15,18H,6-12H2,1H3,(H,19,20);1H. The summed E-state index contributed by atoms with van der Waals surface area (Å²) in [6.07, 6.45) is 4.46. The van der Waals surface area contributed by atoms with Crippen LogP contribution >= 0.6 is 12.4 Å². The molecule has 1 aromatic carbocycles. The van der Waals surface area contributed by atoms with E-state index < -0.39 is 9.84 Å². The highest BCUT2D eigenvalue weighted by Gasteiger charge is 2.57. The Hall–Kier alpha value is -1.11.